The van der Waals surface area contributed by atoms with Gasteiger partial charge in [-0.05, 0) is 13.8 Å². The van der Waals surface area contributed by atoms with Crippen LogP contribution in [0.1, 0.15) is 42.4 Å². The lowest BCUT2D eigenvalue weighted by molar-refractivity contribution is -0.386. The zero-order chi connectivity index (χ0) is 14.9. The number of hydrogen-bond acceptors (Lipinski definition) is 4. The standard InChI is InChI=1S/C14H18N4O2/c1-9(2)14-15-5-6-17(14)8-12-11(4)13(18(19)20)10(3)7-16-12/h5-7,9H,8H2,1-4H3. The normalized spacial score (nSPS) is 11.1. The molecule has 6 heteroatoms. The maximum Gasteiger partial charge on any atom is 0.278 e. The number of rotatable bonds is 4. The van der Waals surface area contributed by atoms with Crippen molar-refractivity contribution in [2.75, 3.05) is 0 Å². The molecule has 0 aliphatic carbocycles. The molecule has 0 aromatic carbocycles. The third-order valence-electron chi connectivity index (χ3n) is 3.34. The lowest BCUT2D eigenvalue weighted by Crippen LogP contribution is -2.10. The Kier molecular flexibility index (Phi) is 3.83. The molecule has 0 amide bonds. The van der Waals surface area contributed by atoms with Crippen LogP contribution in [0.4, 0.5) is 5.69 Å². The zero-order valence-corrected chi connectivity index (χ0v) is 12.1. The molecule has 2 aromatic rings. The van der Waals surface area contributed by atoms with Gasteiger partial charge in [-0.25, -0.2) is 4.98 Å². The van der Waals surface area contributed by atoms with Crippen LogP contribution < -0.4 is 0 Å². The van der Waals surface area contributed by atoms with E-state index < -0.39 is 0 Å². The van der Waals surface area contributed by atoms with E-state index in [4.69, 9.17) is 0 Å². The Morgan fingerprint density at radius 1 is 1.35 bits per heavy atom. The first-order valence-corrected chi connectivity index (χ1v) is 6.52. The van der Waals surface area contributed by atoms with Crippen LogP contribution in [0, 0.1) is 24.0 Å². The Bertz CT molecular complexity index is 647. The molecule has 0 saturated carbocycles. The summed E-state index contributed by atoms with van der Waals surface area (Å²) in [6.45, 7) is 8.09. The van der Waals surface area contributed by atoms with E-state index in [1.807, 2.05) is 10.8 Å². The van der Waals surface area contributed by atoms with Gasteiger partial charge in [-0.3, -0.25) is 15.1 Å². The van der Waals surface area contributed by atoms with Crippen LogP contribution in [0.25, 0.3) is 0 Å². The van der Waals surface area contributed by atoms with Gasteiger partial charge in [0.05, 0.1) is 22.7 Å². The number of hydrogen-bond donors (Lipinski definition) is 0. The first-order chi connectivity index (χ1) is 9.41. The second-order valence-electron chi connectivity index (χ2n) is 5.19. The van der Waals surface area contributed by atoms with Crippen LogP contribution in [0.5, 0.6) is 0 Å². The Morgan fingerprint density at radius 3 is 2.65 bits per heavy atom. The van der Waals surface area contributed by atoms with E-state index in [9.17, 15) is 10.1 Å². The maximum absolute atomic E-state index is 11.1. The largest absolute Gasteiger partial charge is 0.329 e. The molecule has 106 valence electrons. The van der Waals surface area contributed by atoms with Gasteiger partial charge in [0.25, 0.3) is 5.69 Å². The monoisotopic (exact) mass is 274 g/mol. The second kappa shape index (κ2) is 5.40. The lowest BCUT2D eigenvalue weighted by atomic mass is 10.1. The van der Waals surface area contributed by atoms with Gasteiger partial charge in [0.2, 0.25) is 0 Å². The molecule has 2 aromatic heterocycles. The number of imidazole rings is 1. The fraction of sp³-hybridized carbons (Fsp3) is 0.429. The van der Waals surface area contributed by atoms with Crippen molar-refractivity contribution < 1.29 is 4.92 Å². The van der Waals surface area contributed by atoms with Crippen molar-refractivity contribution in [1.29, 1.82) is 0 Å². The van der Waals surface area contributed by atoms with Gasteiger partial charge >= 0.3 is 0 Å². The van der Waals surface area contributed by atoms with Crippen LogP contribution in [0.15, 0.2) is 18.6 Å². The molecule has 2 rings (SSSR count). The van der Waals surface area contributed by atoms with Crippen LogP contribution >= 0.6 is 0 Å². The van der Waals surface area contributed by atoms with E-state index in [0.29, 0.717) is 29.3 Å². The van der Waals surface area contributed by atoms with Crippen molar-refractivity contribution in [3.05, 3.63) is 51.4 Å². The third-order valence-corrected chi connectivity index (χ3v) is 3.34. The molecule has 0 atom stereocenters. The molecule has 0 N–H and O–H groups in total. The van der Waals surface area contributed by atoms with Crippen molar-refractivity contribution in [2.24, 2.45) is 0 Å². The fourth-order valence-corrected chi connectivity index (χ4v) is 2.32. The quantitative estimate of drug-likeness (QED) is 0.634. The van der Waals surface area contributed by atoms with E-state index in [1.165, 1.54) is 0 Å². The summed E-state index contributed by atoms with van der Waals surface area (Å²) in [5, 5.41) is 11.1. The van der Waals surface area contributed by atoms with E-state index >= 15 is 0 Å². The van der Waals surface area contributed by atoms with Gasteiger partial charge in [-0.2, -0.15) is 0 Å². The molecule has 6 nitrogen and oxygen atoms in total. The highest BCUT2D eigenvalue weighted by Gasteiger charge is 2.19. The van der Waals surface area contributed by atoms with E-state index in [-0.39, 0.29) is 10.6 Å². The van der Waals surface area contributed by atoms with Crippen molar-refractivity contribution in [2.45, 2.75) is 40.2 Å². The zero-order valence-electron chi connectivity index (χ0n) is 12.1. The lowest BCUT2D eigenvalue weighted by Gasteiger charge is -2.12. The molecule has 0 spiro atoms. The molecule has 0 saturated heterocycles. The number of aromatic nitrogens is 3. The molecule has 0 aliphatic rings. The highest BCUT2D eigenvalue weighted by molar-refractivity contribution is 5.47. The molecule has 20 heavy (non-hydrogen) atoms. The van der Waals surface area contributed by atoms with Gasteiger partial charge in [0.15, 0.2) is 0 Å². The molecule has 0 fully saturated rings. The Morgan fingerprint density at radius 2 is 2.05 bits per heavy atom. The van der Waals surface area contributed by atoms with E-state index in [2.05, 4.69) is 23.8 Å². The summed E-state index contributed by atoms with van der Waals surface area (Å²) >= 11 is 0. The molecular formula is C14H18N4O2. The van der Waals surface area contributed by atoms with Gasteiger partial charge in [0.1, 0.15) is 5.82 Å². The number of nitro groups is 1. The summed E-state index contributed by atoms with van der Waals surface area (Å²) in [4.78, 5) is 19.5. The molecule has 0 unspecified atom stereocenters. The summed E-state index contributed by atoms with van der Waals surface area (Å²) < 4.78 is 1.99. The number of pyridine rings is 1. The Labute approximate surface area is 117 Å². The van der Waals surface area contributed by atoms with Gasteiger partial charge in [-0.1, -0.05) is 13.8 Å². The summed E-state index contributed by atoms with van der Waals surface area (Å²) in [6, 6.07) is 0. The van der Waals surface area contributed by atoms with Gasteiger partial charge < -0.3 is 4.57 Å². The topological polar surface area (TPSA) is 73.8 Å². The van der Waals surface area contributed by atoms with Crippen LogP contribution in [-0.4, -0.2) is 19.5 Å². The molecule has 2 heterocycles. The van der Waals surface area contributed by atoms with Crippen LogP contribution in [-0.2, 0) is 6.54 Å². The average Bonchev–Trinajstić information content (AvgIpc) is 2.80. The predicted molar refractivity (Wildman–Crippen MR) is 75.8 cm³/mol. The Balaban J connectivity index is 2.42. The van der Waals surface area contributed by atoms with Crippen molar-refractivity contribution in [1.82, 2.24) is 14.5 Å². The average molecular weight is 274 g/mol. The number of aryl methyl sites for hydroxylation is 1. The first-order valence-electron chi connectivity index (χ1n) is 6.52. The molecule has 0 radical (unpaired) electrons. The summed E-state index contributed by atoms with van der Waals surface area (Å²) in [7, 11) is 0. The number of nitrogens with zero attached hydrogens (tertiary/aromatic N) is 4. The minimum atomic E-state index is -0.340. The van der Waals surface area contributed by atoms with Gasteiger partial charge in [-0.15, -0.1) is 0 Å². The maximum atomic E-state index is 11.1. The van der Waals surface area contributed by atoms with Crippen LogP contribution in [0.2, 0.25) is 0 Å². The van der Waals surface area contributed by atoms with Gasteiger partial charge in [0, 0.05) is 30.1 Å². The second-order valence-corrected chi connectivity index (χ2v) is 5.19. The fourth-order valence-electron chi connectivity index (χ4n) is 2.32. The minimum Gasteiger partial charge on any atom is -0.329 e. The molecule has 0 aliphatic heterocycles. The third kappa shape index (κ3) is 2.54. The molecule has 0 bridgehead atoms. The summed E-state index contributed by atoms with van der Waals surface area (Å²) in [5.74, 6) is 1.25. The first kappa shape index (κ1) is 14.2. The summed E-state index contributed by atoms with van der Waals surface area (Å²) in [5.41, 5.74) is 2.08. The highest BCUT2D eigenvalue weighted by atomic mass is 16.6. The predicted octanol–water partition coefficient (Wildman–Crippen LogP) is 2.97. The smallest absolute Gasteiger partial charge is 0.278 e. The van der Waals surface area contributed by atoms with Crippen LogP contribution in [0.3, 0.4) is 0 Å². The highest BCUT2D eigenvalue weighted by Crippen LogP contribution is 2.25. The van der Waals surface area contributed by atoms with Crippen molar-refractivity contribution in [3.63, 3.8) is 0 Å². The van der Waals surface area contributed by atoms with E-state index in [1.54, 1.807) is 26.2 Å². The summed E-state index contributed by atoms with van der Waals surface area (Å²) in [6.07, 6.45) is 5.18. The van der Waals surface area contributed by atoms with Crippen molar-refractivity contribution >= 4 is 5.69 Å². The minimum absolute atomic E-state index is 0.154. The van der Waals surface area contributed by atoms with E-state index in [0.717, 1.165) is 5.82 Å². The Hall–Kier alpha value is -2.24. The van der Waals surface area contributed by atoms with Crippen molar-refractivity contribution in [3.8, 4) is 0 Å². The SMILES string of the molecule is Cc1cnc(Cn2ccnc2C(C)C)c(C)c1[N+](=O)[O-]. The molecular weight excluding hydrogens is 256 g/mol.